The second-order valence-electron chi connectivity index (χ2n) is 18.0. The second kappa shape index (κ2) is 20.9. The van der Waals surface area contributed by atoms with Crippen LogP contribution in [0.15, 0.2) is 29.4 Å². The fourth-order valence-electron chi connectivity index (χ4n) is 6.37. The predicted octanol–water partition coefficient (Wildman–Crippen LogP) is 5.05. The topological polar surface area (TPSA) is 226 Å². The van der Waals surface area contributed by atoms with E-state index in [-0.39, 0.29) is 43.0 Å². The first-order chi connectivity index (χ1) is 29.2. The standard InChI is InChI=1S/C20H27BrN6O3Si.C20H27IN6O3Si/c2*1-13(20(29)26-9-14(7-22)10-26)24-19(28)15-11-27(12-30-5-6-31(2,3)4)18-17(15)25-16(21)8-23-18/h2*8,11,13-14H,5-6,9-10,12H2,1-4H3,(H,24,28)/t2*13-/m11/s1. The van der Waals surface area contributed by atoms with E-state index in [4.69, 9.17) is 20.0 Å². The predicted molar refractivity (Wildman–Crippen MR) is 249 cm³/mol. The van der Waals surface area contributed by atoms with Gasteiger partial charge >= 0.3 is 0 Å². The molecule has 22 heteroatoms. The van der Waals surface area contributed by atoms with Gasteiger partial charge in [0.25, 0.3) is 11.8 Å². The largest absolute Gasteiger partial charge is 0.361 e. The van der Waals surface area contributed by atoms with Gasteiger partial charge < -0.3 is 39.0 Å². The van der Waals surface area contributed by atoms with E-state index in [1.165, 1.54) is 0 Å². The molecule has 0 aromatic carbocycles. The zero-order chi connectivity index (χ0) is 45.5. The van der Waals surface area contributed by atoms with Crippen molar-refractivity contribution in [3.63, 3.8) is 0 Å². The van der Waals surface area contributed by atoms with Crippen molar-refractivity contribution in [3.8, 4) is 12.1 Å². The van der Waals surface area contributed by atoms with Gasteiger partial charge in [-0.1, -0.05) is 39.3 Å². The van der Waals surface area contributed by atoms with Gasteiger partial charge in [-0.2, -0.15) is 10.5 Å². The number of carbonyl (C=O) groups is 4. The van der Waals surface area contributed by atoms with Crippen LogP contribution in [0.5, 0.6) is 0 Å². The lowest BCUT2D eigenvalue weighted by molar-refractivity contribution is -0.138. The van der Waals surface area contributed by atoms with Crippen LogP contribution in [0.2, 0.25) is 51.4 Å². The zero-order valence-corrected chi connectivity index (χ0v) is 42.1. The van der Waals surface area contributed by atoms with E-state index in [0.29, 0.717) is 81.2 Å². The minimum absolute atomic E-state index is 0.122. The fraction of sp³-hybridized carbons (Fsp3) is 0.550. The number of rotatable bonds is 16. The Balaban J connectivity index is 0.000000234. The van der Waals surface area contributed by atoms with E-state index in [9.17, 15) is 19.2 Å². The summed E-state index contributed by atoms with van der Waals surface area (Å²) in [5.41, 5.74) is 2.71. The van der Waals surface area contributed by atoms with E-state index in [0.717, 1.165) is 12.1 Å². The molecule has 2 saturated heterocycles. The van der Waals surface area contributed by atoms with Gasteiger partial charge in [-0.25, -0.2) is 19.9 Å². The van der Waals surface area contributed by atoms with Crippen LogP contribution in [0.25, 0.3) is 22.3 Å². The first-order valence-corrected chi connectivity index (χ1v) is 29.6. The molecule has 4 aromatic heterocycles. The van der Waals surface area contributed by atoms with Gasteiger partial charge in [0, 0.05) is 67.9 Å². The highest BCUT2D eigenvalue weighted by molar-refractivity contribution is 14.1. The Kier molecular flexibility index (Phi) is 16.4. The Morgan fingerprint density at radius 1 is 0.758 bits per heavy atom. The minimum Gasteiger partial charge on any atom is -0.361 e. The summed E-state index contributed by atoms with van der Waals surface area (Å²) in [4.78, 5) is 71.7. The van der Waals surface area contributed by atoms with Crippen LogP contribution in [0.4, 0.5) is 0 Å². The molecular weight excluding hydrogens is 1010 g/mol. The molecule has 0 aliphatic carbocycles. The highest BCUT2D eigenvalue weighted by atomic mass is 127. The number of hydrogen-bond acceptors (Lipinski definition) is 12. The average Bonchev–Trinajstić information content (AvgIpc) is 3.71. The first-order valence-electron chi connectivity index (χ1n) is 20.3. The first kappa shape index (κ1) is 48.7. The second-order valence-corrected chi connectivity index (χ2v) is 31.1. The summed E-state index contributed by atoms with van der Waals surface area (Å²) in [5.74, 6) is -1.44. The number of likely N-dealkylation sites (tertiary alicyclic amines) is 2. The summed E-state index contributed by atoms with van der Waals surface area (Å²) in [6.07, 6.45) is 6.56. The number of ether oxygens (including phenoxy) is 2. The lowest BCUT2D eigenvalue weighted by Crippen LogP contribution is -2.55. The summed E-state index contributed by atoms with van der Waals surface area (Å²) < 4.78 is 16.4. The molecule has 332 valence electrons. The highest BCUT2D eigenvalue weighted by Crippen LogP contribution is 2.23. The highest BCUT2D eigenvalue weighted by Gasteiger charge is 2.35. The van der Waals surface area contributed by atoms with Gasteiger partial charge in [0.05, 0.1) is 47.5 Å². The normalized spacial score (nSPS) is 15.4. The van der Waals surface area contributed by atoms with Crippen LogP contribution in [0.1, 0.15) is 34.6 Å². The smallest absolute Gasteiger partial charge is 0.255 e. The number of hydrogen-bond donors (Lipinski definition) is 2. The lowest BCUT2D eigenvalue weighted by atomic mass is 10.0. The van der Waals surface area contributed by atoms with Crippen LogP contribution < -0.4 is 10.6 Å². The zero-order valence-electron chi connectivity index (χ0n) is 36.4. The summed E-state index contributed by atoms with van der Waals surface area (Å²) in [5, 5.41) is 23.3. The van der Waals surface area contributed by atoms with Gasteiger partial charge in [-0.3, -0.25) is 19.2 Å². The molecule has 4 aromatic rings. The molecule has 0 spiro atoms. The van der Waals surface area contributed by atoms with E-state index < -0.39 is 34.1 Å². The molecule has 0 unspecified atom stereocenters. The maximum absolute atomic E-state index is 13.0. The van der Waals surface area contributed by atoms with Crippen molar-refractivity contribution in [1.29, 1.82) is 10.5 Å². The molecule has 2 aliphatic heterocycles. The lowest BCUT2D eigenvalue weighted by Gasteiger charge is -2.37. The quantitative estimate of drug-likeness (QED) is 0.0854. The molecule has 18 nitrogen and oxygen atoms in total. The maximum atomic E-state index is 13.0. The summed E-state index contributed by atoms with van der Waals surface area (Å²) >= 11 is 5.36. The number of nitrogens with zero attached hydrogens (tertiary/aromatic N) is 10. The number of nitriles is 2. The van der Waals surface area contributed by atoms with Crippen molar-refractivity contribution in [2.75, 3.05) is 39.4 Å². The van der Waals surface area contributed by atoms with Crippen LogP contribution in [0, 0.1) is 38.2 Å². The Hall–Kier alpha value is -4.34. The number of fused-ring (bicyclic) bond motifs is 2. The van der Waals surface area contributed by atoms with Crippen molar-refractivity contribution in [2.45, 2.75) is 90.8 Å². The van der Waals surface area contributed by atoms with Crippen LogP contribution in [-0.2, 0) is 32.5 Å². The Bertz CT molecular complexity index is 2210. The van der Waals surface area contributed by atoms with E-state index in [1.54, 1.807) is 57.6 Å². The molecule has 4 amide bonds. The third-order valence-corrected chi connectivity index (χ3v) is 14.5. The van der Waals surface area contributed by atoms with Crippen LogP contribution >= 0.6 is 38.5 Å². The molecule has 2 aliphatic rings. The monoisotopic (exact) mass is 1060 g/mol. The van der Waals surface area contributed by atoms with Crippen molar-refractivity contribution in [3.05, 3.63) is 44.2 Å². The molecule has 0 saturated carbocycles. The molecule has 6 rings (SSSR count). The van der Waals surface area contributed by atoms with Crippen molar-refractivity contribution in [2.24, 2.45) is 11.8 Å². The van der Waals surface area contributed by atoms with Crippen molar-refractivity contribution >= 4 is 101 Å². The number of nitrogens with one attached hydrogen (secondary N) is 2. The Labute approximate surface area is 385 Å². The number of carbonyl (C=O) groups excluding carboxylic acids is 4. The number of amides is 4. The molecule has 6 heterocycles. The molecule has 2 N–H and O–H groups in total. The van der Waals surface area contributed by atoms with Crippen molar-refractivity contribution < 1.29 is 28.7 Å². The van der Waals surface area contributed by atoms with E-state index >= 15 is 0 Å². The minimum atomic E-state index is -1.20. The summed E-state index contributed by atoms with van der Waals surface area (Å²) in [6.45, 7) is 20.5. The van der Waals surface area contributed by atoms with Gasteiger partial charge in [0.15, 0.2) is 11.3 Å². The summed E-state index contributed by atoms with van der Waals surface area (Å²) in [7, 11) is -2.39. The van der Waals surface area contributed by atoms with Gasteiger partial charge in [0.1, 0.15) is 44.9 Å². The Morgan fingerprint density at radius 3 is 1.56 bits per heavy atom. The number of aromatic nitrogens is 6. The Morgan fingerprint density at radius 2 is 1.16 bits per heavy atom. The molecular formula is C40H54BrIN12O6Si2. The molecule has 0 radical (unpaired) electrons. The molecule has 0 bridgehead atoms. The summed E-state index contributed by atoms with van der Waals surface area (Å²) in [6, 6.07) is 4.95. The molecule has 62 heavy (non-hydrogen) atoms. The third-order valence-electron chi connectivity index (χ3n) is 10.2. The van der Waals surface area contributed by atoms with Gasteiger partial charge in [0.2, 0.25) is 11.8 Å². The number of halogens is 2. The van der Waals surface area contributed by atoms with Gasteiger partial charge in [-0.15, -0.1) is 0 Å². The third kappa shape index (κ3) is 12.9. The molecule has 2 fully saturated rings. The SMILES string of the molecule is C[C@@H](NC(=O)c1cn(COCC[Si](C)(C)C)c2ncc(Br)nc12)C(=O)N1CC(C#N)C1.C[C@@H](NC(=O)c1cn(COCC[Si](C)(C)C)c2ncc(I)nc12)C(=O)N1CC(C#N)C1. The molecule has 2 atom stereocenters. The van der Waals surface area contributed by atoms with E-state index in [1.807, 2.05) is 0 Å². The van der Waals surface area contributed by atoms with Crippen LogP contribution in [-0.4, -0.2) is 130 Å². The van der Waals surface area contributed by atoms with Crippen LogP contribution in [0.3, 0.4) is 0 Å². The van der Waals surface area contributed by atoms with E-state index in [2.05, 4.69) is 121 Å². The average molecular weight is 1060 g/mol. The maximum Gasteiger partial charge on any atom is 0.255 e. The van der Waals surface area contributed by atoms with Gasteiger partial charge in [-0.05, 0) is 64.5 Å². The van der Waals surface area contributed by atoms with Crippen molar-refractivity contribution in [1.82, 2.24) is 49.5 Å². The fourth-order valence-corrected chi connectivity index (χ4v) is 8.55.